The van der Waals surface area contributed by atoms with Crippen molar-refractivity contribution in [1.29, 1.82) is 0 Å². The molecular weight excluding hydrogens is 352 g/mol. The van der Waals surface area contributed by atoms with Gasteiger partial charge in [0, 0.05) is 19.4 Å². The topological polar surface area (TPSA) is 71.1 Å². The molecule has 134 valence electrons. The maximum Gasteiger partial charge on any atom is 0.507 e. The highest BCUT2D eigenvalue weighted by Gasteiger charge is 2.66. The number of ether oxygens (including phenoxy) is 4. The van der Waals surface area contributed by atoms with Crippen LogP contribution in [0.3, 0.4) is 0 Å². The van der Waals surface area contributed by atoms with Gasteiger partial charge in [0.15, 0.2) is 11.5 Å². The Bertz CT molecular complexity index is 777. The van der Waals surface area contributed by atoms with Crippen molar-refractivity contribution in [3.63, 3.8) is 0 Å². The van der Waals surface area contributed by atoms with Crippen molar-refractivity contribution in [2.24, 2.45) is 0 Å². The summed E-state index contributed by atoms with van der Waals surface area (Å²) in [6.07, 6.45) is -8.98. The molecule has 1 saturated heterocycles. The van der Waals surface area contributed by atoms with E-state index in [9.17, 15) is 27.2 Å². The second-order valence-corrected chi connectivity index (χ2v) is 5.65. The smallest absolute Gasteiger partial charge is 0.421 e. The van der Waals surface area contributed by atoms with Crippen molar-refractivity contribution >= 4 is 18.0 Å². The van der Waals surface area contributed by atoms with Crippen molar-refractivity contribution in [2.75, 3.05) is 0 Å². The van der Waals surface area contributed by atoms with Crippen molar-refractivity contribution in [3.05, 3.63) is 29.3 Å². The van der Waals surface area contributed by atoms with Crippen LogP contribution in [-0.4, -0.2) is 29.9 Å². The number of benzene rings is 1. The van der Waals surface area contributed by atoms with Gasteiger partial charge in [-0.05, 0) is 12.1 Å². The van der Waals surface area contributed by atoms with Gasteiger partial charge in [0.2, 0.25) is 0 Å². The van der Waals surface area contributed by atoms with Gasteiger partial charge in [-0.1, -0.05) is 12.1 Å². The number of alkyl halides is 4. The van der Waals surface area contributed by atoms with E-state index in [1.807, 2.05) is 0 Å². The summed E-state index contributed by atoms with van der Waals surface area (Å²) in [5.74, 6) is -5.05. The fraction of sp³-hybridized carbons (Fsp3) is 0.333. The third-order valence-electron chi connectivity index (χ3n) is 3.23. The Morgan fingerprint density at radius 1 is 0.880 bits per heavy atom. The van der Waals surface area contributed by atoms with Gasteiger partial charge in [-0.2, -0.15) is 17.6 Å². The van der Waals surface area contributed by atoms with E-state index in [0.29, 0.717) is 0 Å². The van der Waals surface area contributed by atoms with Crippen LogP contribution in [0.4, 0.5) is 17.6 Å². The minimum atomic E-state index is -4.94. The van der Waals surface area contributed by atoms with Gasteiger partial charge in [0.1, 0.15) is 5.57 Å². The van der Waals surface area contributed by atoms with Crippen molar-refractivity contribution in [3.8, 4) is 11.5 Å². The number of fused-ring (bicyclic) bond motifs is 1. The predicted octanol–water partition coefficient (Wildman–Crippen LogP) is 2.86. The molecular formula is C15H10F4O6. The first-order valence-corrected chi connectivity index (χ1v) is 6.87. The lowest BCUT2D eigenvalue weighted by Crippen LogP contribution is -2.52. The van der Waals surface area contributed by atoms with Crippen LogP contribution >= 0.6 is 0 Å². The molecule has 1 aromatic rings. The molecule has 6 nitrogen and oxygen atoms in total. The Labute approximate surface area is 137 Å². The quantitative estimate of drug-likeness (QED) is 0.331. The van der Waals surface area contributed by atoms with E-state index in [2.05, 4.69) is 9.47 Å². The van der Waals surface area contributed by atoms with Gasteiger partial charge >= 0.3 is 24.2 Å². The monoisotopic (exact) mass is 362 g/mol. The van der Waals surface area contributed by atoms with Crippen molar-refractivity contribution in [2.45, 2.75) is 31.9 Å². The van der Waals surface area contributed by atoms with Crippen LogP contribution in [0.25, 0.3) is 6.08 Å². The van der Waals surface area contributed by atoms with Crippen LogP contribution in [0.1, 0.15) is 19.4 Å². The molecule has 0 saturated carbocycles. The number of cyclic esters (lactones) is 2. The molecule has 0 aromatic heterocycles. The first kappa shape index (κ1) is 17.1. The minimum Gasteiger partial charge on any atom is -0.421 e. The maximum atomic E-state index is 13.4. The Morgan fingerprint density at radius 2 is 1.44 bits per heavy atom. The first-order valence-electron chi connectivity index (χ1n) is 6.87. The average Bonchev–Trinajstić information content (AvgIpc) is 2.43. The fourth-order valence-corrected chi connectivity index (χ4v) is 2.16. The average molecular weight is 362 g/mol. The molecule has 3 rings (SSSR count). The summed E-state index contributed by atoms with van der Waals surface area (Å²) < 4.78 is 70.9. The van der Waals surface area contributed by atoms with E-state index < -0.39 is 47.0 Å². The number of rotatable bonds is 1. The second kappa shape index (κ2) is 5.11. The molecule has 0 amide bonds. The molecule has 0 N–H and O–H groups in total. The Kier molecular flexibility index (Phi) is 3.48. The van der Waals surface area contributed by atoms with Crippen LogP contribution in [0, 0.1) is 0 Å². The van der Waals surface area contributed by atoms with Crippen LogP contribution in [-0.2, 0) is 19.1 Å². The lowest BCUT2D eigenvalue weighted by molar-refractivity contribution is -0.391. The molecule has 1 fully saturated rings. The standard InChI is InChI=1S/C15H10F4O6/c1-13(2)24-11(20)8(12(21)25-13)6-7-4-3-5-9-10(7)23-15(18,19)14(16,17)22-9/h3-6H,1-2H3. The van der Waals surface area contributed by atoms with Gasteiger partial charge in [0.05, 0.1) is 0 Å². The van der Waals surface area contributed by atoms with Gasteiger partial charge in [-0.25, -0.2) is 9.59 Å². The van der Waals surface area contributed by atoms with Gasteiger partial charge in [-0.15, -0.1) is 0 Å². The Balaban J connectivity index is 2.04. The van der Waals surface area contributed by atoms with Crippen molar-refractivity contribution < 1.29 is 46.1 Å². The zero-order valence-electron chi connectivity index (χ0n) is 12.8. The van der Waals surface area contributed by atoms with E-state index in [1.54, 1.807) is 0 Å². The fourth-order valence-electron chi connectivity index (χ4n) is 2.16. The summed E-state index contributed by atoms with van der Waals surface area (Å²) in [6, 6.07) is 3.33. The summed E-state index contributed by atoms with van der Waals surface area (Å²) in [5, 5.41) is 0. The summed E-state index contributed by atoms with van der Waals surface area (Å²) in [5.41, 5.74) is -0.881. The van der Waals surface area contributed by atoms with E-state index in [1.165, 1.54) is 19.9 Å². The summed E-state index contributed by atoms with van der Waals surface area (Å²) in [7, 11) is 0. The van der Waals surface area contributed by atoms with E-state index >= 15 is 0 Å². The predicted molar refractivity (Wildman–Crippen MR) is 71.8 cm³/mol. The molecule has 0 unspecified atom stereocenters. The molecule has 0 radical (unpaired) electrons. The van der Waals surface area contributed by atoms with Gasteiger partial charge in [-0.3, -0.25) is 0 Å². The third-order valence-corrected chi connectivity index (χ3v) is 3.23. The van der Waals surface area contributed by atoms with Crippen LogP contribution in [0.15, 0.2) is 23.8 Å². The van der Waals surface area contributed by atoms with E-state index in [4.69, 9.17) is 9.47 Å². The van der Waals surface area contributed by atoms with E-state index in [0.717, 1.165) is 18.2 Å². The summed E-state index contributed by atoms with van der Waals surface area (Å²) in [4.78, 5) is 23.8. The van der Waals surface area contributed by atoms with Gasteiger partial charge < -0.3 is 18.9 Å². The Morgan fingerprint density at radius 3 is 2.04 bits per heavy atom. The highest BCUT2D eigenvalue weighted by atomic mass is 19.3. The molecule has 0 bridgehead atoms. The zero-order valence-corrected chi connectivity index (χ0v) is 12.8. The van der Waals surface area contributed by atoms with Crippen molar-refractivity contribution in [1.82, 2.24) is 0 Å². The number of esters is 2. The zero-order chi connectivity index (χ0) is 18.6. The molecule has 25 heavy (non-hydrogen) atoms. The van der Waals surface area contributed by atoms with Crippen LogP contribution in [0.5, 0.6) is 11.5 Å². The number of carbonyl (C=O) groups is 2. The maximum absolute atomic E-state index is 13.4. The van der Waals surface area contributed by atoms with Gasteiger partial charge in [0.25, 0.3) is 5.79 Å². The highest BCUT2D eigenvalue weighted by Crippen LogP contribution is 2.48. The summed E-state index contributed by atoms with van der Waals surface area (Å²) in [6.45, 7) is 2.65. The van der Waals surface area contributed by atoms with E-state index in [-0.39, 0.29) is 5.56 Å². The Hall–Kier alpha value is -2.78. The lowest BCUT2D eigenvalue weighted by Gasteiger charge is -2.33. The minimum absolute atomic E-state index is 0.267. The molecule has 2 aliphatic heterocycles. The molecule has 1 aromatic carbocycles. The third kappa shape index (κ3) is 2.87. The largest absolute Gasteiger partial charge is 0.507 e. The van der Waals surface area contributed by atoms with Crippen LogP contribution < -0.4 is 9.47 Å². The number of halogens is 4. The van der Waals surface area contributed by atoms with Crippen LogP contribution in [0.2, 0.25) is 0 Å². The second-order valence-electron chi connectivity index (χ2n) is 5.65. The number of carbonyl (C=O) groups excluding carboxylic acids is 2. The molecule has 0 atom stereocenters. The SMILES string of the molecule is CC1(C)OC(=O)C(=Cc2cccc3c2OC(F)(F)C(F)(F)O3)C(=O)O1. The number of para-hydroxylation sites is 1. The lowest BCUT2D eigenvalue weighted by atomic mass is 10.1. The normalized spacial score (nSPS) is 22.7. The number of hydrogen-bond acceptors (Lipinski definition) is 6. The molecule has 2 aliphatic rings. The summed E-state index contributed by atoms with van der Waals surface area (Å²) >= 11 is 0. The molecule has 0 aliphatic carbocycles. The molecule has 0 spiro atoms. The highest BCUT2D eigenvalue weighted by molar-refractivity contribution is 6.19. The molecule has 2 heterocycles. The first-order chi connectivity index (χ1) is 11.4. The molecule has 10 heteroatoms. The number of hydrogen-bond donors (Lipinski definition) is 0.